The zero-order chi connectivity index (χ0) is 19.7. The molecule has 0 N–H and O–H groups in total. The third-order valence-electron chi connectivity index (χ3n) is 5.59. The number of rotatable bonds is 5. The van der Waals surface area contributed by atoms with Crippen LogP contribution in [0.15, 0.2) is 48.5 Å². The molecular formula is C23H26ClN3O. The van der Waals surface area contributed by atoms with Crippen LogP contribution in [0.3, 0.4) is 0 Å². The Hall–Kier alpha value is -2.14. The normalized spacial score (nSPS) is 17.5. The quantitative estimate of drug-likeness (QED) is 0.626. The number of aromatic nitrogens is 1. The maximum absolute atomic E-state index is 6.11. The highest BCUT2D eigenvalue weighted by molar-refractivity contribution is 6.30. The lowest BCUT2D eigenvalue weighted by atomic mass is 10.0. The Balaban J connectivity index is 1.74. The van der Waals surface area contributed by atoms with Crippen LogP contribution in [0.5, 0.6) is 5.75 Å². The monoisotopic (exact) mass is 395 g/mol. The number of ether oxygens (including phenoxy) is 1. The van der Waals surface area contributed by atoms with E-state index in [1.807, 2.05) is 36.4 Å². The number of likely N-dealkylation sites (tertiary alicyclic amines) is 1. The van der Waals surface area contributed by atoms with E-state index in [1.165, 1.54) is 12.0 Å². The number of hydrogen-bond donors (Lipinski definition) is 0. The highest BCUT2D eigenvalue weighted by atomic mass is 35.5. The van der Waals surface area contributed by atoms with E-state index < -0.39 is 0 Å². The lowest BCUT2D eigenvalue weighted by molar-refractivity contribution is 0.265. The summed E-state index contributed by atoms with van der Waals surface area (Å²) in [6.45, 7) is 3.11. The summed E-state index contributed by atoms with van der Waals surface area (Å²) in [7, 11) is 6.01. The van der Waals surface area contributed by atoms with Crippen molar-refractivity contribution in [2.45, 2.75) is 19.0 Å². The fourth-order valence-electron chi connectivity index (χ4n) is 3.91. The number of likely N-dealkylation sites (N-methyl/N-ethyl adjacent to an activating group) is 1. The lowest BCUT2D eigenvalue weighted by Gasteiger charge is -2.21. The van der Waals surface area contributed by atoms with Crippen LogP contribution in [0, 0.1) is 0 Å². The topological polar surface area (TPSA) is 28.6 Å². The second kappa shape index (κ2) is 8.08. The number of methoxy groups -OCH3 is 1. The van der Waals surface area contributed by atoms with E-state index >= 15 is 0 Å². The van der Waals surface area contributed by atoms with Crippen molar-refractivity contribution in [2.24, 2.45) is 0 Å². The van der Waals surface area contributed by atoms with E-state index in [-0.39, 0.29) is 0 Å². The van der Waals surface area contributed by atoms with Crippen LogP contribution in [0.25, 0.3) is 22.2 Å². The summed E-state index contributed by atoms with van der Waals surface area (Å²) in [4.78, 5) is 9.87. The van der Waals surface area contributed by atoms with Crippen molar-refractivity contribution < 1.29 is 4.74 Å². The highest BCUT2D eigenvalue weighted by Gasteiger charge is 2.25. The van der Waals surface area contributed by atoms with Gasteiger partial charge in [-0.25, -0.2) is 4.98 Å². The molecule has 0 spiro atoms. The van der Waals surface area contributed by atoms with Crippen LogP contribution in [0.2, 0.25) is 5.02 Å². The number of halogens is 1. The van der Waals surface area contributed by atoms with Gasteiger partial charge in [-0.2, -0.15) is 0 Å². The molecule has 2 aromatic carbocycles. The summed E-state index contributed by atoms with van der Waals surface area (Å²) < 4.78 is 5.39. The van der Waals surface area contributed by atoms with Crippen molar-refractivity contribution in [3.8, 4) is 17.0 Å². The molecule has 2 heterocycles. The molecule has 4 nitrogen and oxygen atoms in total. The molecular weight excluding hydrogens is 370 g/mol. The van der Waals surface area contributed by atoms with Gasteiger partial charge in [-0.3, -0.25) is 4.90 Å². The zero-order valence-corrected chi connectivity index (χ0v) is 17.4. The van der Waals surface area contributed by atoms with Crippen LogP contribution in [-0.2, 0) is 6.54 Å². The molecule has 1 saturated heterocycles. The minimum Gasteiger partial charge on any atom is -0.497 e. The molecule has 0 saturated carbocycles. The van der Waals surface area contributed by atoms with E-state index in [1.54, 1.807) is 7.11 Å². The second-order valence-electron chi connectivity index (χ2n) is 7.70. The van der Waals surface area contributed by atoms with Gasteiger partial charge < -0.3 is 9.64 Å². The first-order valence-corrected chi connectivity index (χ1v) is 10.0. The van der Waals surface area contributed by atoms with Crippen LogP contribution in [-0.4, -0.2) is 55.1 Å². The van der Waals surface area contributed by atoms with Crippen LogP contribution in [0.1, 0.15) is 12.0 Å². The van der Waals surface area contributed by atoms with Crippen LogP contribution >= 0.6 is 11.6 Å². The molecule has 0 amide bonds. The minimum atomic E-state index is 0.622. The van der Waals surface area contributed by atoms with Crippen LogP contribution in [0.4, 0.5) is 0 Å². The van der Waals surface area contributed by atoms with Gasteiger partial charge in [0.15, 0.2) is 0 Å². The van der Waals surface area contributed by atoms with E-state index in [0.29, 0.717) is 6.04 Å². The third kappa shape index (κ3) is 4.00. The molecule has 3 aromatic rings. The lowest BCUT2D eigenvalue weighted by Crippen LogP contribution is -2.31. The molecule has 4 rings (SSSR count). The highest BCUT2D eigenvalue weighted by Crippen LogP contribution is 2.30. The molecule has 1 aliphatic heterocycles. The van der Waals surface area contributed by atoms with E-state index in [4.69, 9.17) is 21.3 Å². The molecule has 1 unspecified atom stereocenters. The second-order valence-corrected chi connectivity index (χ2v) is 8.14. The standard InChI is InChI=1S/C23H26ClN3O/c1-26(2)20-10-11-27(15-20)14-18-12-17-6-9-21(28-3)13-22(17)25-23(18)16-4-7-19(24)8-5-16/h4-9,12-13,20H,10-11,14-15H2,1-3H3. The summed E-state index contributed by atoms with van der Waals surface area (Å²) in [6, 6.07) is 16.9. The van der Waals surface area contributed by atoms with E-state index in [2.05, 4.69) is 36.0 Å². The van der Waals surface area contributed by atoms with Gasteiger partial charge in [0.1, 0.15) is 5.75 Å². The molecule has 5 heteroatoms. The van der Waals surface area contributed by atoms with Crippen molar-refractivity contribution in [1.29, 1.82) is 0 Å². The summed E-state index contributed by atoms with van der Waals surface area (Å²) in [5.74, 6) is 0.822. The molecule has 0 bridgehead atoms. The van der Waals surface area contributed by atoms with Gasteiger partial charge in [0.25, 0.3) is 0 Å². The van der Waals surface area contributed by atoms with Gasteiger partial charge in [-0.15, -0.1) is 0 Å². The molecule has 1 aromatic heterocycles. The van der Waals surface area contributed by atoms with Crippen molar-refractivity contribution in [1.82, 2.24) is 14.8 Å². The molecule has 1 aliphatic rings. The number of nitrogens with zero attached hydrogens (tertiary/aromatic N) is 3. The molecule has 0 aliphatic carbocycles. The summed E-state index contributed by atoms with van der Waals surface area (Å²) in [6.07, 6.45) is 1.21. The summed E-state index contributed by atoms with van der Waals surface area (Å²) in [5, 5.41) is 1.87. The average molecular weight is 396 g/mol. The number of fused-ring (bicyclic) bond motifs is 1. The van der Waals surface area contributed by atoms with Gasteiger partial charge in [0, 0.05) is 47.7 Å². The summed E-state index contributed by atoms with van der Waals surface area (Å²) >= 11 is 6.11. The SMILES string of the molecule is COc1ccc2cc(CN3CCC(N(C)C)C3)c(-c3ccc(Cl)cc3)nc2c1. The van der Waals surface area contributed by atoms with Crippen molar-refractivity contribution in [3.63, 3.8) is 0 Å². The van der Waals surface area contributed by atoms with E-state index in [0.717, 1.165) is 52.6 Å². The molecule has 28 heavy (non-hydrogen) atoms. The Kier molecular flexibility index (Phi) is 5.54. The fourth-order valence-corrected chi connectivity index (χ4v) is 4.04. The molecule has 0 radical (unpaired) electrons. The van der Waals surface area contributed by atoms with Gasteiger partial charge in [-0.05, 0) is 56.4 Å². The number of hydrogen-bond acceptors (Lipinski definition) is 4. The number of pyridine rings is 1. The van der Waals surface area contributed by atoms with Crippen LogP contribution < -0.4 is 4.74 Å². The Bertz CT molecular complexity index is 971. The molecule has 1 atom stereocenters. The average Bonchev–Trinajstić information content (AvgIpc) is 3.17. The largest absolute Gasteiger partial charge is 0.497 e. The Morgan fingerprint density at radius 2 is 1.93 bits per heavy atom. The van der Waals surface area contributed by atoms with Gasteiger partial charge in [0.2, 0.25) is 0 Å². The fraction of sp³-hybridized carbons (Fsp3) is 0.348. The van der Waals surface area contributed by atoms with Crippen molar-refractivity contribution in [3.05, 3.63) is 59.1 Å². The maximum Gasteiger partial charge on any atom is 0.121 e. The molecule has 1 fully saturated rings. The van der Waals surface area contributed by atoms with Gasteiger partial charge in [0.05, 0.1) is 18.3 Å². The van der Waals surface area contributed by atoms with E-state index in [9.17, 15) is 0 Å². The maximum atomic E-state index is 6.11. The predicted molar refractivity (Wildman–Crippen MR) is 116 cm³/mol. The third-order valence-corrected chi connectivity index (χ3v) is 5.85. The van der Waals surface area contributed by atoms with Gasteiger partial charge in [-0.1, -0.05) is 23.7 Å². The Labute approximate surface area is 171 Å². The molecule has 146 valence electrons. The zero-order valence-electron chi connectivity index (χ0n) is 16.7. The van der Waals surface area contributed by atoms with Crippen molar-refractivity contribution in [2.75, 3.05) is 34.3 Å². The van der Waals surface area contributed by atoms with Crippen molar-refractivity contribution >= 4 is 22.5 Å². The Morgan fingerprint density at radius 1 is 1.14 bits per heavy atom. The number of benzene rings is 2. The smallest absolute Gasteiger partial charge is 0.121 e. The first-order chi connectivity index (χ1) is 13.5. The first-order valence-electron chi connectivity index (χ1n) is 9.66. The predicted octanol–water partition coefficient (Wildman–Crippen LogP) is 4.70. The first kappa shape index (κ1) is 19.2. The summed E-state index contributed by atoms with van der Waals surface area (Å²) in [5.41, 5.74) is 4.30. The minimum absolute atomic E-state index is 0.622. The Morgan fingerprint density at radius 3 is 2.61 bits per heavy atom. The van der Waals surface area contributed by atoms with Gasteiger partial charge >= 0.3 is 0 Å².